The molecule has 7 nitrogen and oxygen atoms in total. The molecule has 12 heteroatoms. The first-order chi connectivity index (χ1) is 14.3. The van der Waals surface area contributed by atoms with Crippen molar-refractivity contribution in [2.24, 2.45) is 0 Å². The van der Waals surface area contributed by atoms with Crippen molar-refractivity contribution >= 4 is 39.2 Å². The second-order valence-electron chi connectivity index (χ2n) is 6.41. The zero-order chi connectivity index (χ0) is 23.4. The molecule has 0 heterocycles. The quantitative estimate of drug-likeness (QED) is 0.614. The molecule has 2 rings (SSSR count). The van der Waals surface area contributed by atoms with Gasteiger partial charge in [0.15, 0.2) is 6.10 Å². The molecule has 0 spiro atoms. The highest BCUT2D eigenvalue weighted by Gasteiger charge is 2.30. The zero-order valence-electron chi connectivity index (χ0n) is 16.3. The van der Waals surface area contributed by atoms with Crippen molar-refractivity contribution in [1.82, 2.24) is 4.31 Å². The minimum absolute atomic E-state index is 0.0725. The van der Waals surface area contributed by atoms with Gasteiger partial charge in [-0.2, -0.15) is 17.5 Å². The number of alkyl halides is 3. The Bertz CT molecular complexity index is 1040. The Kier molecular flexibility index (Phi) is 7.68. The first-order valence-electron chi connectivity index (χ1n) is 8.70. The standard InChI is InChI=1S/C19H18ClF3N2O5S/c1-12(18(27)24-15-7-3-13(4-8-15)19(21,22)23)30-17(26)11-25(2)31(28,29)16-9-5-14(20)6-10-16/h3-10,12H,11H2,1-2H3,(H,24,27)/t12-/m0/s1. The van der Waals surface area contributed by atoms with Gasteiger partial charge in [-0.1, -0.05) is 11.6 Å². The summed E-state index contributed by atoms with van der Waals surface area (Å²) < 4.78 is 68.3. The highest BCUT2D eigenvalue weighted by molar-refractivity contribution is 7.89. The van der Waals surface area contributed by atoms with E-state index in [0.717, 1.165) is 35.6 Å². The summed E-state index contributed by atoms with van der Waals surface area (Å²) in [5.41, 5.74) is -0.807. The summed E-state index contributed by atoms with van der Waals surface area (Å²) in [6.45, 7) is 0.577. The van der Waals surface area contributed by atoms with Crippen LogP contribution in [0.25, 0.3) is 0 Å². The molecule has 0 saturated heterocycles. The number of hydrogen-bond donors (Lipinski definition) is 1. The summed E-state index contributed by atoms with van der Waals surface area (Å²) in [5.74, 6) is -1.79. The lowest BCUT2D eigenvalue weighted by atomic mass is 10.2. The lowest BCUT2D eigenvalue weighted by Gasteiger charge is -2.18. The molecule has 0 aliphatic carbocycles. The third-order valence-electron chi connectivity index (χ3n) is 4.03. The highest BCUT2D eigenvalue weighted by Crippen LogP contribution is 2.29. The molecular weight excluding hydrogens is 461 g/mol. The molecule has 0 fully saturated rings. The van der Waals surface area contributed by atoms with E-state index in [-0.39, 0.29) is 10.6 Å². The summed E-state index contributed by atoms with van der Waals surface area (Å²) in [6.07, 6.45) is -5.83. The van der Waals surface area contributed by atoms with Gasteiger partial charge in [0.2, 0.25) is 10.0 Å². The molecule has 0 aliphatic heterocycles. The van der Waals surface area contributed by atoms with Gasteiger partial charge >= 0.3 is 12.1 Å². The maximum atomic E-state index is 12.6. The van der Waals surface area contributed by atoms with E-state index in [1.807, 2.05) is 0 Å². The van der Waals surface area contributed by atoms with Crippen LogP contribution in [0.3, 0.4) is 0 Å². The largest absolute Gasteiger partial charge is 0.452 e. The molecule has 1 atom stereocenters. The Morgan fingerprint density at radius 2 is 1.65 bits per heavy atom. The summed E-state index contributed by atoms with van der Waals surface area (Å²) >= 11 is 5.73. The Balaban J connectivity index is 1.93. The van der Waals surface area contributed by atoms with Crippen molar-refractivity contribution in [3.05, 3.63) is 59.1 Å². The summed E-state index contributed by atoms with van der Waals surface area (Å²) in [4.78, 5) is 24.1. The second-order valence-corrected chi connectivity index (χ2v) is 8.89. The number of sulfonamides is 1. The van der Waals surface area contributed by atoms with Crippen molar-refractivity contribution < 1.29 is 35.9 Å². The van der Waals surface area contributed by atoms with E-state index in [4.69, 9.17) is 16.3 Å². The smallest absolute Gasteiger partial charge is 0.416 e. The van der Waals surface area contributed by atoms with E-state index in [0.29, 0.717) is 5.02 Å². The van der Waals surface area contributed by atoms with Crippen LogP contribution in [0.1, 0.15) is 12.5 Å². The normalized spacial score (nSPS) is 13.0. The van der Waals surface area contributed by atoms with Crippen molar-refractivity contribution in [2.45, 2.75) is 24.1 Å². The SMILES string of the molecule is C[C@H](OC(=O)CN(C)S(=O)(=O)c1ccc(Cl)cc1)C(=O)Nc1ccc(C(F)(F)F)cc1. The number of nitrogens with zero attached hydrogens (tertiary/aromatic N) is 1. The monoisotopic (exact) mass is 478 g/mol. The number of likely N-dealkylation sites (N-methyl/N-ethyl adjacent to an activating group) is 1. The maximum absolute atomic E-state index is 12.6. The maximum Gasteiger partial charge on any atom is 0.416 e. The molecular formula is C19H18ClF3N2O5S. The predicted octanol–water partition coefficient (Wildman–Crippen LogP) is 3.55. The zero-order valence-corrected chi connectivity index (χ0v) is 17.9. The molecule has 2 aromatic rings. The minimum Gasteiger partial charge on any atom is -0.452 e. The van der Waals surface area contributed by atoms with Crippen LogP contribution >= 0.6 is 11.6 Å². The van der Waals surface area contributed by atoms with E-state index in [1.165, 1.54) is 31.2 Å². The van der Waals surface area contributed by atoms with Crippen LogP contribution in [-0.4, -0.2) is 44.3 Å². The molecule has 0 saturated carbocycles. The predicted molar refractivity (Wildman–Crippen MR) is 107 cm³/mol. The average Bonchev–Trinajstić information content (AvgIpc) is 2.67. The van der Waals surface area contributed by atoms with Gasteiger partial charge in [-0.15, -0.1) is 0 Å². The van der Waals surface area contributed by atoms with Crippen molar-refractivity contribution in [2.75, 3.05) is 18.9 Å². The third-order valence-corrected chi connectivity index (χ3v) is 6.10. The number of halogens is 4. The lowest BCUT2D eigenvalue weighted by Crippen LogP contribution is -2.37. The van der Waals surface area contributed by atoms with Gasteiger partial charge in [0.05, 0.1) is 10.5 Å². The summed E-state index contributed by atoms with van der Waals surface area (Å²) in [6, 6.07) is 9.02. The molecule has 2 aromatic carbocycles. The number of carbonyl (C=O) groups is 2. The molecule has 0 aliphatic rings. The number of esters is 1. The number of nitrogens with one attached hydrogen (secondary N) is 1. The van der Waals surface area contributed by atoms with E-state index in [9.17, 15) is 31.2 Å². The van der Waals surface area contributed by atoms with Crippen LogP contribution in [0, 0.1) is 0 Å². The molecule has 0 bridgehead atoms. The molecule has 1 amide bonds. The number of amides is 1. The summed E-state index contributed by atoms with van der Waals surface area (Å²) in [5, 5.41) is 2.65. The first kappa shape index (κ1) is 24.6. The van der Waals surface area contributed by atoms with Crippen LogP contribution in [-0.2, 0) is 30.5 Å². The number of anilines is 1. The lowest BCUT2D eigenvalue weighted by molar-refractivity contribution is -0.153. The fourth-order valence-corrected chi connectivity index (χ4v) is 3.57. The molecule has 1 N–H and O–H groups in total. The fourth-order valence-electron chi connectivity index (χ4n) is 2.33. The van der Waals surface area contributed by atoms with E-state index >= 15 is 0 Å². The van der Waals surface area contributed by atoms with Crippen LogP contribution < -0.4 is 5.32 Å². The van der Waals surface area contributed by atoms with Crippen LogP contribution in [0.2, 0.25) is 5.02 Å². The van der Waals surface area contributed by atoms with Gasteiger partial charge in [0, 0.05) is 17.8 Å². The van der Waals surface area contributed by atoms with Crippen molar-refractivity contribution in [1.29, 1.82) is 0 Å². The van der Waals surface area contributed by atoms with Crippen molar-refractivity contribution in [3.63, 3.8) is 0 Å². The summed E-state index contributed by atoms with van der Waals surface area (Å²) in [7, 11) is -2.83. The average molecular weight is 479 g/mol. The highest BCUT2D eigenvalue weighted by atomic mass is 35.5. The van der Waals surface area contributed by atoms with Crippen LogP contribution in [0.5, 0.6) is 0 Å². The van der Waals surface area contributed by atoms with Gasteiger partial charge in [-0.25, -0.2) is 8.42 Å². The molecule has 0 unspecified atom stereocenters. The van der Waals surface area contributed by atoms with Gasteiger partial charge in [0.25, 0.3) is 5.91 Å². The van der Waals surface area contributed by atoms with Gasteiger partial charge in [0.1, 0.15) is 6.54 Å². The molecule has 0 aromatic heterocycles. The first-order valence-corrected chi connectivity index (χ1v) is 10.5. The molecule has 0 radical (unpaired) electrons. The Morgan fingerprint density at radius 3 is 2.16 bits per heavy atom. The van der Waals surface area contributed by atoms with Crippen LogP contribution in [0.4, 0.5) is 18.9 Å². The minimum atomic E-state index is -4.51. The second kappa shape index (κ2) is 9.67. The Hall–Kier alpha value is -2.63. The van der Waals surface area contributed by atoms with Gasteiger partial charge in [-0.05, 0) is 55.5 Å². The van der Waals surface area contributed by atoms with Gasteiger partial charge in [-0.3, -0.25) is 9.59 Å². The number of ether oxygens (including phenoxy) is 1. The topological polar surface area (TPSA) is 92.8 Å². The number of rotatable bonds is 7. The van der Waals surface area contributed by atoms with Crippen LogP contribution in [0.15, 0.2) is 53.4 Å². The number of hydrogen-bond acceptors (Lipinski definition) is 5. The number of carbonyl (C=O) groups excluding carboxylic acids is 2. The molecule has 31 heavy (non-hydrogen) atoms. The van der Waals surface area contributed by atoms with E-state index < -0.39 is 46.3 Å². The van der Waals surface area contributed by atoms with Crippen molar-refractivity contribution in [3.8, 4) is 0 Å². The fraction of sp³-hybridized carbons (Fsp3) is 0.263. The number of benzene rings is 2. The van der Waals surface area contributed by atoms with E-state index in [1.54, 1.807) is 0 Å². The third kappa shape index (κ3) is 6.68. The van der Waals surface area contributed by atoms with E-state index in [2.05, 4.69) is 5.32 Å². The van der Waals surface area contributed by atoms with Gasteiger partial charge < -0.3 is 10.1 Å². The Morgan fingerprint density at radius 1 is 1.10 bits per heavy atom. The molecule has 168 valence electrons. The Labute approximate surface area is 181 Å².